The maximum atomic E-state index is 5.42. The average molecular weight is 532 g/mol. The Bertz CT molecular complexity index is 799. The molecule has 0 fully saturated rings. The summed E-state index contributed by atoms with van der Waals surface area (Å²) in [6.45, 7) is 11.7. The Morgan fingerprint density at radius 2 is 1.87 bits per heavy atom. The number of aryl methyl sites for hydroxylation is 3. The normalized spacial score (nSPS) is 11.5. The van der Waals surface area contributed by atoms with Gasteiger partial charge in [-0.2, -0.15) is 5.10 Å². The quantitative estimate of drug-likeness (QED) is 0.200. The number of halogens is 1. The van der Waals surface area contributed by atoms with Gasteiger partial charge in [0.15, 0.2) is 11.8 Å². The predicted octanol–water partition coefficient (Wildman–Crippen LogP) is 2.26. The summed E-state index contributed by atoms with van der Waals surface area (Å²) in [4.78, 5) is 4.84. The Morgan fingerprint density at radius 1 is 1.10 bits per heavy atom. The highest BCUT2D eigenvalue weighted by molar-refractivity contribution is 14.0. The standard InChI is InChI=1S/C20H36N8O.HI/c1-7-17-16(18(8-2)28(6)26-17)13-22-20(21-11-10-12-29-9-3)23-14-19-25-24-15(4)27(19)5;/h7-14H2,1-6H3,(H2,21,22,23);1H. The highest BCUT2D eigenvalue weighted by Gasteiger charge is 2.13. The first kappa shape index (κ1) is 26.3. The Labute approximate surface area is 197 Å². The van der Waals surface area contributed by atoms with Crippen molar-refractivity contribution in [3.63, 3.8) is 0 Å². The third-order valence-electron chi connectivity index (χ3n) is 4.98. The van der Waals surface area contributed by atoms with Gasteiger partial charge in [-0.1, -0.05) is 13.8 Å². The van der Waals surface area contributed by atoms with Crippen LogP contribution >= 0.6 is 24.0 Å². The molecule has 0 bridgehead atoms. The van der Waals surface area contributed by atoms with Gasteiger partial charge in [0.05, 0.1) is 18.8 Å². The lowest BCUT2D eigenvalue weighted by atomic mass is 10.1. The molecule has 0 aliphatic carbocycles. The fraction of sp³-hybridized carbons (Fsp3) is 0.700. The summed E-state index contributed by atoms with van der Waals surface area (Å²) in [5.41, 5.74) is 3.58. The molecule has 0 saturated carbocycles. The Kier molecular flexibility index (Phi) is 11.9. The predicted molar refractivity (Wildman–Crippen MR) is 130 cm³/mol. The summed E-state index contributed by atoms with van der Waals surface area (Å²) in [5, 5.41) is 19.8. The molecule has 2 aromatic rings. The van der Waals surface area contributed by atoms with Gasteiger partial charge in [-0.3, -0.25) is 4.68 Å². The van der Waals surface area contributed by atoms with Crippen molar-refractivity contribution in [2.45, 2.75) is 60.0 Å². The van der Waals surface area contributed by atoms with E-state index in [9.17, 15) is 0 Å². The molecule has 9 nitrogen and oxygen atoms in total. The van der Waals surface area contributed by atoms with E-state index in [1.54, 1.807) is 0 Å². The van der Waals surface area contributed by atoms with Crippen LogP contribution in [0.2, 0.25) is 0 Å². The molecule has 0 spiro atoms. The van der Waals surface area contributed by atoms with Crippen molar-refractivity contribution in [2.75, 3.05) is 19.8 Å². The molecule has 2 rings (SSSR count). The van der Waals surface area contributed by atoms with Crippen LogP contribution in [0.25, 0.3) is 0 Å². The molecule has 0 radical (unpaired) electrons. The van der Waals surface area contributed by atoms with Gasteiger partial charge in [0.25, 0.3) is 0 Å². The number of ether oxygens (including phenoxy) is 1. The molecule has 10 heteroatoms. The molecule has 170 valence electrons. The zero-order valence-corrected chi connectivity index (χ0v) is 21.5. The SMILES string of the molecule is CCOCCCNC(=NCc1c(CC)nn(C)c1CC)NCc1nnc(C)n1C.I. The highest BCUT2D eigenvalue weighted by atomic mass is 127. The molecule has 2 N–H and O–H groups in total. The van der Waals surface area contributed by atoms with E-state index in [0.717, 1.165) is 62.3 Å². The Morgan fingerprint density at radius 3 is 2.47 bits per heavy atom. The van der Waals surface area contributed by atoms with E-state index in [1.807, 2.05) is 37.2 Å². The number of aliphatic imine (C=N–C) groups is 1. The Balaban J connectivity index is 0.00000450. The van der Waals surface area contributed by atoms with Crippen LogP contribution in [0.3, 0.4) is 0 Å². The van der Waals surface area contributed by atoms with Crippen molar-refractivity contribution >= 4 is 29.9 Å². The van der Waals surface area contributed by atoms with Crippen molar-refractivity contribution in [3.8, 4) is 0 Å². The van der Waals surface area contributed by atoms with Crippen LogP contribution in [0.1, 0.15) is 55.8 Å². The van der Waals surface area contributed by atoms with Crippen molar-refractivity contribution in [1.82, 2.24) is 35.2 Å². The molecule has 0 aromatic carbocycles. The van der Waals surface area contributed by atoms with E-state index in [0.29, 0.717) is 13.1 Å². The average Bonchev–Trinajstić information content (AvgIpc) is 3.21. The molecule has 2 aromatic heterocycles. The number of nitrogens with zero attached hydrogens (tertiary/aromatic N) is 6. The largest absolute Gasteiger partial charge is 0.382 e. The molecule has 30 heavy (non-hydrogen) atoms. The molecule has 0 aliphatic rings. The summed E-state index contributed by atoms with van der Waals surface area (Å²) >= 11 is 0. The number of aromatic nitrogens is 5. The lowest BCUT2D eigenvalue weighted by Gasteiger charge is -2.13. The summed E-state index contributed by atoms with van der Waals surface area (Å²) in [5.74, 6) is 2.52. The van der Waals surface area contributed by atoms with Crippen LogP contribution in [0.5, 0.6) is 0 Å². The lowest BCUT2D eigenvalue weighted by molar-refractivity contribution is 0.145. The molecular formula is C20H37IN8O. The van der Waals surface area contributed by atoms with E-state index >= 15 is 0 Å². The van der Waals surface area contributed by atoms with Crippen molar-refractivity contribution < 1.29 is 4.74 Å². The maximum Gasteiger partial charge on any atom is 0.191 e. The maximum absolute atomic E-state index is 5.42. The second kappa shape index (κ2) is 13.6. The first-order valence-corrected chi connectivity index (χ1v) is 10.5. The smallest absolute Gasteiger partial charge is 0.191 e. The lowest BCUT2D eigenvalue weighted by Crippen LogP contribution is -2.38. The number of hydrogen-bond donors (Lipinski definition) is 2. The zero-order valence-electron chi connectivity index (χ0n) is 19.2. The number of guanidine groups is 1. The fourth-order valence-electron chi connectivity index (χ4n) is 3.20. The second-order valence-corrected chi connectivity index (χ2v) is 6.92. The van der Waals surface area contributed by atoms with Gasteiger partial charge < -0.3 is 19.9 Å². The van der Waals surface area contributed by atoms with Crippen LogP contribution in [-0.2, 0) is 44.8 Å². The second-order valence-electron chi connectivity index (χ2n) is 6.92. The Hall–Kier alpha value is -1.69. The minimum Gasteiger partial charge on any atom is -0.382 e. The van der Waals surface area contributed by atoms with Gasteiger partial charge in [0.2, 0.25) is 0 Å². The molecule has 0 atom stereocenters. The van der Waals surface area contributed by atoms with Gasteiger partial charge >= 0.3 is 0 Å². The first-order valence-electron chi connectivity index (χ1n) is 10.5. The third kappa shape index (κ3) is 7.22. The van der Waals surface area contributed by atoms with Gasteiger partial charge in [-0.15, -0.1) is 34.2 Å². The van der Waals surface area contributed by atoms with Crippen LogP contribution in [0.4, 0.5) is 0 Å². The zero-order chi connectivity index (χ0) is 21.2. The summed E-state index contributed by atoms with van der Waals surface area (Å²) in [7, 11) is 3.97. The third-order valence-corrected chi connectivity index (χ3v) is 4.98. The fourth-order valence-corrected chi connectivity index (χ4v) is 3.20. The van der Waals surface area contributed by atoms with Gasteiger partial charge in [-0.05, 0) is 33.1 Å². The molecule has 0 unspecified atom stereocenters. The molecular weight excluding hydrogens is 495 g/mol. The van der Waals surface area contributed by atoms with Gasteiger partial charge in [-0.25, -0.2) is 4.99 Å². The van der Waals surface area contributed by atoms with Crippen molar-refractivity contribution in [2.24, 2.45) is 19.1 Å². The first-order chi connectivity index (χ1) is 14.0. The van der Waals surface area contributed by atoms with Crippen LogP contribution in [0, 0.1) is 6.92 Å². The van der Waals surface area contributed by atoms with E-state index in [2.05, 4.69) is 39.8 Å². The van der Waals surface area contributed by atoms with Gasteiger partial charge in [0, 0.05) is 45.1 Å². The number of rotatable bonds is 11. The summed E-state index contributed by atoms with van der Waals surface area (Å²) < 4.78 is 9.38. The molecule has 0 saturated heterocycles. The number of nitrogens with one attached hydrogen (secondary N) is 2. The summed E-state index contributed by atoms with van der Waals surface area (Å²) in [6, 6.07) is 0. The van der Waals surface area contributed by atoms with E-state index < -0.39 is 0 Å². The topological polar surface area (TPSA) is 94.2 Å². The molecule has 0 amide bonds. The molecule has 2 heterocycles. The highest BCUT2D eigenvalue weighted by Crippen LogP contribution is 2.16. The summed E-state index contributed by atoms with van der Waals surface area (Å²) in [6.07, 6.45) is 2.77. The minimum atomic E-state index is 0. The number of hydrogen-bond acceptors (Lipinski definition) is 5. The monoisotopic (exact) mass is 532 g/mol. The van der Waals surface area contributed by atoms with E-state index in [-0.39, 0.29) is 24.0 Å². The van der Waals surface area contributed by atoms with E-state index in [4.69, 9.17) is 9.73 Å². The van der Waals surface area contributed by atoms with Crippen molar-refractivity contribution in [1.29, 1.82) is 0 Å². The minimum absolute atomic E-state index is 0. The molecule has 0 aliphatic heterocycles. The van der Waals surface area contributed by atoms with E-state index in [1.165, 1.54) is 11.3 Å². The van der Waals surface area contributed by atoms with Crippen LogP contribution < -0.4 is 10.6 Å². The van der Waals surface area contributed by atoms with Gasteiger partial charge in [0.1, 0.15) is 5.82 Å². The van der Waals surface area contributed by atoms with Crippen LogP contribution in [-0.4, -0.2) is 50.3 Å². The van der Waals surface area contributed by atoms with Crippen LogP contribution in [0.15, 0.2) is 4.99 Å². The van der Waals surface area contributed by atoms with Crippen molar-refractivity contribution in [3.05, 3.63) is 28.6 Å².